The standard InChI is InChI=1S/C17H24ClFN2/c1-2-3-15-9-20-17(12-4-5-12)11-21(15)10-13-8-14(19)6-7-16(13)18/h6-8,12,15,17,20H,2-5,9-11H2,1H3. The topological polar surface area (TPSA) is 15.3 Å². The van der Waals surface area contributed by atoms with E-state index in [4.69, 9.17) is 11.6 Å². The van der Waals surface area contributed by atoms with Crippen LogP contribution in [-0.2, 0) is 6.54 Å². The maximum absolute atomic E-state index is 13.5. The minimum absolute atomic E-state index is 0.199. The number of hydrogen-bond acceptors (Lipinski definition) is 2. The average Bonchev–Trinajstić information content (AvgIpc) is 3.29. The molecule has 0 bridgehead atoms. The molecular formula is C17H24ClFN2. The summed E-state index contributed by atoms with van der Waals surface area (Å²) >= 11 is 6.24. The third-order valence-corrected chi connectivity index (χ3v) is 5.13. The predicted molar refractivity (Wildman–Crippen MR) is 85.0 cm³/mol. The lowest BCUT2D eigenvalue weighted by Crippen LogP contribution is -2.56. The Balaban J connectivity index is 1.73. The molecule has 1 heterocycles. The van der Waals surface area contributed by atoms with Crippen molar-refractivity contribution in [3.63, 3.8) is 0 Å². The van der Waals surface area contributed by atoms with Crippen LogP contribution in [0.1, 0.15) is 38.2 Å². The zero-order valence-electron chi connectivity index (χ0n) is 12.6. The molecule has 2 aliphatic rings. The van der Waals surface area contributed by atoms with E-state index in [-0.39, 0.29) is 5.82 Å². The van der Waals surface area contributed by atoms with Gasteiger partial charge in [0.05, 0.1) is 0 Å². The molecule has 0 radical (unpaired) electrons. The molecule has 1 saturated heterocycles. The van der Waals surface area contributed by atoms with Crippen molar-refractivity contribution in [2.45, 2.75) is 51.2 Å². The Morgan fingerprint density at radius 3 is 2.90 bits per heavy atom. The van der Waals surface area contributed by atoms with Crippen LogP contribution < -0.4 is 5.32 Å². The minimum atomic E-state index is -0.199. The summed E-state index contributed by atoms with van der Waals surface area (Å²) in [6, 6.07) is 5.82. The summed E-state index contributed by atoms with van der Waals surface area (Å²) in [6.45, 7) is 5.08. The molecule has 0 amide bonds. The van der Waals surface area contributed by atoms with Gasteiger partial charge in [-0.1, -0.05) is 24.9 Å². The van der Waals surface area contributed by atoms with Crippen LogP contribution in [0.25, 0.3) is 0 Å². The van der Waals surface area contributed by atoms with Crippen molar-refractivity contribution in [1.82, 2.24) is 10.2 Å². The Morgan fingerprint density at radius 1 is 1.38 bits per heavy atom. The van der Waals surface area contributed by atoms with Crippen molar-refractivity contribution in [2.24, 2.45) is 5.92 Å². The third-order valence-electron chi connectivity index (χ3n) is 4.76. The fraction of sp³-hybridized carbons (Fsp3) is 0.647. The zero-order valence-corrected chi connectivity index (χ0v) is 13.4. The molecule has 0 aromatic heterocycles. The monoisotopic (exact) mass is 310 g/mol. The molecule has 1 saturated carbocycles. The van der Waals surface area contributed by atoms with Gasteiger partial charge in [0.2, 0.25) is 0 Å². The van der Waals surface area contributed by atoms with E-state index >= 15 is 0 Å². The summed E-state index contributed by atoms with van der Waals surface area (Å²) in [5.74, 6) is 0.647. The van der Waals surface area contributed by atoms with Gasteiger partial charge in [0.1, 0.15) is 5.82 Å². The summed E-state index contributed by atoms with van der Waals surface area (Å²) in [5, 5.41) is 4.38. The Bertz CT molecular complexity index is 490. The largest absolute Gasteiger partial charge is 0.311 e. The number of nitrogens with one attached hydrogen (secondary N) is 1. The minimum Gasteiger partial charge on any atom is -0.311 e. The molecule has 1 aromatic rings. The molecule has 3 rings (SSSR count). The predicted octanol–water partition coefficient (Wildman–Crippen LogP) is 3.83. The molecule has 2 fully saturated rings. The smallest absolute Gasteiger partial charge is 0.123 e. The Kier molecular flexibility index (Phi) is 4.82. The number of benzene rings is 1. The molecule has 0 spiro atoms. The van der Waals surface area contributed by atoms with E-state index in [1.807, 2.05) is 0 Å². The van der Waals surface area contributed by atoms with Gasteiger partial charge in [-0.3, -0.25) is 4.90 Å². The molecule has 1 aliphatic carbocycles. The van der Waals surface area contributed by atoms with E-state index in [1.54, 1.807) is 12.1 Å². The van der Waals surface area contributed by atoms with Gasteiger partial charge >= 0.3 is 0 Å². The first-order valence-electron chi connectivity index (χ1n) is 8.08. The quantitative estimate of drug-likeness (QED) is 0.889. The second-order valence-corrected chi connectivity index (χ2v) is 6.87. The fourth-order valence-electron chi connectivity index (χ4n) is 3.39. The van der Waals surface area contributed by atoms with Crippen molar-refractivity contribution in [3.8, 4) is 0 Å². The number of halogens is 2. The van der Waals surface area contributed by atoms with Crippen LogP contribution >= 0.6 is 11.6 Å². The highest BCUT2D eigenvalue weighted by atomic mass is 35.5. The van der Waals surface area contributed by atoms with Gasteiger partial charge in [0, 0.05) is 36.7 Å². The van der Waals surface area contributed by atoms with Crippen molar-refractivity contribution in [3.05, 3.63) is 34.6 Å². The van der Waals surface area contributed by atoms with Crippen LogP contribution in [-0.4, -0.2) is 30.1 Å². The lowest BCUT2D eigenvalue weighted by molar-refractivity contribution is 0.108. The van der Waals surface area contributed by atoms with Gasteiger partial charge in [-0.15, -0.1) is 0 Å². The number of nitrogens with zero attached hydrogens (tertiary/aromatic N) is 1. The number of rotatable bonds is 5. The lowest BCUT2D eigenvalue weighted by atomic mass is 10.0. The Morgan fingerprint density at radius 2 is 2.19 bits per heavy atom. The van der Waals surface area contributed by atoms with E-state index in [9.17, 15) is 4.39 Å². The highest BCUT2D eigenvalue weighted by Gasteiger charge is 2.36. The van der Waals surface area contributed by atoms with E-state index < -0.39 is 0 Å². The van der Waals surface area contributed by atoms with Gasteiger partial charge in [-0.2, -0.15) is 0 Å². The zero-order chi connectivity index (χ0) is 14.8. The molecule has 2 nitrogen and oxygen atoms in total. The first-order valence-corrected chi connectivity index (χ1v) is 8.46. The molecule has 1 N–H and O–H groups in total. The molecule has 1 aliphatic heterocycles. The van der Waals surface area contributed by atoms with Crippen molar-refractivity contribution in [1.29, 1.82) is 0 Å². The summed E-state index contributed by atoms with van der Waals surface area (Å²) in [4.78, 5) is 2.50. The van der Waals surface area contributed by atoms with Crippen LogP contribution in [0.4, 0.5) is 4.39 Å². The van der Waals surface area contributed by atoms with E-state index in [0.717, 1.165) is 31.1 Å². The highest BCUT2D eigenvalue weighted by Crippen LogP contribution is 2.35. The Hall–Kier alpha value is -0.640. The second-order valence-electron chi connectivity index (χ2n) is 6.46. The van der Waals surface area contributed by atoms with Crippen LogP contribution in [0, 0.1) is 11.7 Å². The normalized spacial score (nSPS) is 27.0. The summed E-state index contributed by atoms with van der Waals surface area (Å²) in [5.41, 5.74) is 0.911. The van der Waals surface area contributed by atoms with Crippen LogP contribution in [0.2, 0.25) is 5.02 Å². The van der Waals surface area contributed by atoms with Gasteiger partial charge in [0.25, 0.3) is 0 Å². The van der Waals surface area contributed by atoms with Crippen molar-refractivity contribution < 1.29 is 4.39 Å². The fourth-order valence-corrected chi connectivity index (χ4v) is 3.57. The van der Waals surface area contributed by atoms with E-state index in [1.165, 1.54) is 31.7 Å². The van der Waals surface area contributed by atoms with Crippen LogP contribution in [0.15, 0.2) is 18.2 Å². The van der Waals surface area contributed by atoms with Gasteiger partial charge in [-0.25, -0.2) is 4.39 Å². The van der Waals surface area contributed by atoms with Gasteiger partial charge < -0.3 is 5.32 Å². The number of piperazine rings is 1. The summed E-state index contributed by atoms with van der Waals surface area (Å²) in [7, 11) is 0. The first-order chi connectivity index (χ1) is 10.2. The van der Waals surface area contributed by atoms with Crippen LogP contribution in [0.5, 0.6) is 0 Å². The molecule has 4 heteroatoms. The highest BCUT2D eigenvalue weighted by molar-refractivity contribution is 6.31. The van der Waals surface area contributed by atoms with E-state index in [2.05, 4.69) is 17.1 Å². The summed E-state index contributed by atoms with van der Waals surface area (Å²) in [6.07, 6.45) is 5.06. The molecule has 21 heavy (non-hydrogen) atoms. The number of hydrogen-bond donors (Lipinski definition) is 1. The molecule has 2 unspecified atom stereocenters. The van der Waals surface area contributed by atoms with Crippen LogP contribution in [0.3, 0.4) is 0 Å². The summed E-state index contributed by atoms with van der Waals surface area (Å²) < 4.78 is 13.5. The molecule has 2 atom stereocenters. The van der Waals surface area contributed by atoms with Gasteiger partial charge in [0.15, 0.2) is 0 Å². The van der Waals surface area contributed by atoms with Crippen molar-refractivity contribution in [2.75, 3.05) is 13.1 Å². The molecular weight excluding hydrogens is 287 g/mol. The second kappa shape index (κ2) is 6.64. The maximum Gasteiger partial charge on any atom is 0.123 e. The molecule has 116 valence electrons. The van der Waals surface area contributed by atoms with Crippen molar-refractivity contribution >= 4 is 11.6 Å². The molecule has 1 aromatic carbocycles. The first kappa shape index (κ1) is 15.3. The average molecular weight is 311 g/mol. The maximum atomic E-state index is 13.5. The lowest BCUT2D eigenvalue weighted by Gasteiger charge is -2.41. The third kappa shape index (κ3) is 3.77. The van der Waals surface area contributed by atoms with Gasteiger partial charge in [-0.05, 0) is 48.9 Å². The van der Waals surface area contributed by atoms with E-state index in [0.29, 0.717) is 17.1 Å². The SMILES string of the molecule is CCCC1CNC(C2CC2)CN1Cc1cc(F)ccc1Cl. The Labute approximate surface area is 131 Å².